The number of carboxylic acid groups (broad SMARTS) is 2. The Kier molecular flexibility index (Phi) is 8.45. The minimum absolute atomic E-state index is 0.0569. The van der Waals surface area contributed by atoms with Gasteiger partial charge in [0.05, 0.1) is 17.4 Å². The highest BCUT2D eigenvalue weighted by Gasteiger charge is 2.15. The van der Waals surface area contributed by atoms with E-state index in [2.05, 4.69) is 4.98 Å². The maximum Gasteiger partial charge on any atom is 0.304 e. The molecule has 3 rings (SSSR count). The van der Waals surface area contributed by atoms with E-state index in [0.29, 0.717) is 33.5 Å². The van der Waals surface area contributed by atoms with Gasteiger partial charge in [-0.05, 0) is 41.5 Å². The molecule has 31 heavy (non-hydrogen) atoms. The number of fused-ring (bicyclic) bond motifs is 1. The smallest absolute Gasteiger partial charge is 0.304 e. The minimum atomic E-state index is -0.849. The van der Waals surface area contributed by atoms with Crippen molar-refractivity contribution in [3.63, 3.8) is 0 Å². The highest BCUT2D eigenvalue weighted by atomic mass is 35.5. The topological polar surface area (TPSA) is 101 Å². The Morgan fingerprint density at radius 3 is 2.42 bits per heavy atom. The molecule has 0 saturated carbocycles. The van der Waals surface area contributed by atoms with Gasteiger partial charge in [-0.2, -0.15) is 0 Å². The summed E-state index contributed by atoms with van der Waals surface area (Å²) >= 11 is 8.99. The molecule has 0 amide bonds. The molecule has 0 bridgehead atoms. The van der Waals surface area contributed by atoms with Crippen molar-refractivity contribution in [3.8, 4) is 0 Å². The summed E-state index contributed by atoms with van der Waals surface area (Å²) < 4.78 is 5.64. The van der Waals surface area contributed by atoms with Gasteiger partial charge < -0.3 is 14.6 Å². The molecule has 162 valence electrons. The zero-order valence-electron chi connectivity index (χ0n) is 16.4. The van der Waals surface area contributed by atoms with Crippen LogP contribution in [0.25, 0.3) is 23.3 Å². The summed E-state index contributed by atoms with van der Waals surface area (Å²) in [4.78, 5) is 26.1. The molecule has 1 heterocycles. The van der Waals surface area contributed by atoms with Crippen molar-refractivity contribution in [2.45, 2.75) is 17.4 Å². The molecule has 2 N–H and O–H groups in total. The summed E-state index contributed by atoms with van der Waals surface area (Å²) in [5, 5.41) is 18.4. The number of aliphatic carboxylic acids is 2. The molecule has 0 aliphatic heterocycles. The van der Waals surface area contributed by atoms with Gasteiger partial charge in [0.15, 0.2) is 5.58 Å². The van der Waals surface area contributed by atoms with E-state index in [1.165, 1.54) is 23.5 Å². The summed E-state index contributed by atoms with van der Waals surface area (Å²) in [7, 11) is 0. The van der Waals surface area contributed by atoms with E-state index < -0.39 is 11.9 Å². The Balaban J connectivity index is 1.74. The lowest BCUT2D eigenvalue weighted by molar-refractivity contribution is -0.137. The monoisotopic (exact) mass is 477 g/mol. The fraction of sp³-hybridized carbons (Fsp3) is 0.227. The Labute approximate surface area is 192 Å². The number of thioether (sulfide) groups is 2. The van der Waals surface area contributed by atoms with Gasteiger partial charge in [0.1, 0.15) is 5.52 Å². The van der Waals surface area contributed by atoms with Crippen LogP contribution in [-0.2, 0) is 9.59 Å². The van der Waals surface area contributed by atoms with Crippen molar-refractivity contribution in [2.75, 3.05) is 11.5 Å². The summed E-state index contributed by atoms with van der Waals surface area (Å²) in [5.74, 6) is -0.334. The SMILES string of the molecule is O=C(O)CCSC(SCCC(=O)O)c1cccc(C=Cc2nc3cc(Cl)ccc3o2)c1. The molecule has 0 aliphatic rings. The first-order valence-corrected chi connectivity index (χ1v) is 11.9. The molecule has 1 aromatic heterocycles. The van der Waals surface area contributed by atoms with E-state index >= 15 is 0 Å². The maximum absolute atomic E-state index is 10.8. The second-order valence-electron chi connectivity index (χ2n) is 6.53. The number of carbonyl (C=O) groups is 2. The maximum atomic E-state index is 10.8. The summed E-state index contributed by atoms with van der Waals surface area (Å²) in [6, 6.07) is 13.1. The van der Waals surface area contributed by atoms with E-state index in [1.807, 2.05) is 30.3 Å². The first kappa shape index (κ1) is 23.2. The van der Waals surface area contributed by atoms with Crippen LogP contribution in [0.4, 0.5) is 0 Å². The quantitative estimate of drug-likeness (QED) is 0.321. The average molecular weight is 478 g/mol. The van der Waals surface area contributed by atoms with Crippen LogP contribution in [0.3, 0.4) is 0 Å². The highest BCUT2D eigenvalue weighted by molar-refractivity contribution is 8.16. The number of nitrogens with zero attached hydrogens (tertiary/aromatic N) is 1. The van der Waals surface area contributed by atoms with Gasteiger partial charge in [0.2, 0.25) is 5.89 Å². The molecule has 0 aliphatic carbocycles. The molecular formula is C22H20ClNO5S2. The molecule has 0 radical (unpaired) electrons. The van der Waals surface area contributed by atoms with Crippen LogP contribution in [0.2, 0.25) is 5.02 Å². The first-order chi connectivity index (χ1) is 14.9. The molecule has 2 aromatic carbocycles. The van der Waals surface area contributed by atoms with Crippen LogP contribution < -0.4 is 0 Å². The molecular weight excluding hydrogens is 458 g/mol. The van der Waals surface area contributed by atoms with Crippen molar-refractivity contribution in [2.24, 2.45) is 0 Å². The minimum Gasteiger partial charge on any atom is -0.481 e. The highest BCUT2D eigenvalue weighted by Crippen LogP contribution is 2.40. The molecule has 9 heteroatoms. The third-order valence-corrected chi connectivity index (χ3v) is 7.22. The average Bonchev–Trinajstić information content (AvgIpc) is 3.13. The Bertz CT molecular complexity index is 1080. The van der Waals surface area contributed by atoms with Gasteiger partial charge in [-0.3, -0.25) is 9.59 Å². The van der Waals surface area contributed by atoms with E-state index in [1.54, 1.807) is 24.3 Å². The van der Waals surface area contributed by atoms with Gasteiger partial charge in [-0.25, -0.2) is 4.98 Å². The molecule has 0 saturated heterocycles. The number of hydrogen-bond donors (Lipinski definition) is 2. The second-order valence-corrected chi connectivity index (χ2v) is 9.69. The second kappa shape index (κ2) is 11.3. The first-order valence-electron chi connectivity index (χ1n) is 9.41. The fourth-order valence-corrected chi connectivity index (χ4v) is 5.53. The third-order valence-electron chi connectivity index (χ3n) is 4.14. The lowest BCUT2D eigenvalue weighted by Gasteiger charge is -2.16. The van der Waals surface area contributed by atoms with Crippen molar-refractivity contribution in [1.82, 2.24) is 4.98 Å². The van der Waals surface area contributed by atoms with Crippen molar-refractivity contribution in [3.05, 3.63) is 64.5 Å². The number of oxazole rings is 1. The number of benzene rings is 2. The standard InChI is InChI=1S/C22H20ClNO5S2/c23-16-5-6-18-17(13-16)24-19(29-18)7-4-14-2-1-3-15(12-14)22(30-10-8-20(25)26)31-11-9-21(27)28/h1-7,12-13,22H,8-11H2,(H,25,26)(H,27,28). The van der Waals surface area contributed by atoms with E-state index in [4.69, 9.17) is 26.2 Å². The van der Waals surface area contributed by atoms with Crippen molar-refractivity contribution < 1.29 is 24.2 Å². The summed E-state index contributed by atoms with van der Waals surface area (Å²) in [6.07, 6.45) is 3.78. The van der Waals surface area contributed by atoms with Gasteiger partial charge in [-0.15, -0.1) is 23.5 Å². The molecule has 0 unspecified atom stereocenters. The van der Waals surface area contributed by atoms with E-state index in [9.17, 15) is 9.59 Å². The molecule has 0 atom stereocenters. The summed E-state index contributed by atoms with van der Waals surface area (Å²) in [5.41, 5.74) is 3.27. The molecule has 0 spiro atoms. The number of carboxylic acids is 2. The van der Waals surface area contributed by atoms with Crippen LogP contribution in [0, 0.1) is 0 Å². The molecule has 6 nitrogen and oxygen atoms in total. The van der Waals surface area contributed by atoms with Gasteiger partial charge >= 0.3 is 11.9 Å². The Hall–Kier alpha value is -2.42. The number of halogens is 1. The Morgan fingerprint density at radius 2 is 1.74 bits per heavy atom. The lowest BCUT2D eigenvalue weighted by atomic mass is 10.1. The number of aromatic nitrogens is 1. The predicted molar refractivity (Wildman–Crippen MR) is 127 cm³/mol. The fourth-order valence-electron chi connectivity index (χ4n) is 2.71. The lowest BCUT2D eigenvalue weighted by Crippen LogP contribution is -2.01. The Morgan fingerprint density at radius 1 is 1.03 bits per heavy atom. The van der Waals surface area contributed by atoms with Gasteiger partial charge in [0, 0.05) is 22.6 Å². The number of hydrogen-bond acceptors (Lipinski definition) is 6. The largest absolute Gasteiger partial charge is 0.481 e. The molecule has 3 aromatic rings. The zero-order valence-corrected chi connectivity index (χ0v) is 18.8. The van der Waals surface area contributed by atoms with Gasteiger partial charge in [-0.1, -0.05) is 29.8 Å². The van der Waals surface area contributed by atoms with Crippen molar-refractivity contribution in [1.29, 1.82) is 0 Å². The van der Waals surface area contributed by atoms with Crippen LogP contribution in [0.5, 0.6) is 0 Å². The van der Waals surface area contributed by atoms with Crippen LogP contribution >= 0.6 is 35.1 Å². The van der Waals surface area contributed by atoms with Crippen LogP contribution in [-0.4, -0.2) is 38.6 Å². The van der Waals surface area contributed by atoms with Crippen LogP contribution in [0.1, 0.15) is 34.4 Å². The van der Waals surface area contributed by atoms with Crippen LogP contribution in [0.15, 0.2) is 46.9 Å². The van der Waals surface area contributed by atoms with E-state index in [0.717, 1.165) is 11.1 Å². The molecule has 0 fully saturated rings. The van der Waals surface area contributed by atoms with E-state index in [-0.39, 0.29) is 17.4 Å². The summed E-state index contributed by atoms with van der Waals surface area (Å²) in [6.45, 7) is 0. The third kappa shape index (κ3) is 7.34. The van der Waals surface area contributed by atoms with Gasteiger partial charge in [0.25, 0.3) is 0 Å². The van der Waals surface area contributed by atoms with Crippen molar-refractivity contribution >= 4 is 70.3 Å². The predicted octanol–water partition coefficient (Wildman–Crippen LogP) is 6.07. The zero-order chi connectivity index (χ0) is 22.2. The normalized spacial score (nSPS) is 11.5. The number of rotatable bonds is 11.